The number of aliphatic hydroxyl groups excluding tert-OH is 8. The Balaban J connectivity index is 1.94. The summed E-state index contributed by atoms with van der Waals surface area (Å²) in [6.07, 6.45) is -15.3. The van der Waals surface area contributed by atoms with Crippen molar-refractivity contribution < 1.29 is 55.1 Å². The van der Waals surface area contributed by atoms with E-state index in [1.807, 2.05) is 0 Å². The molecule has 5 unspecified atom stereocenters. The van der Waals surface area contributed by atoms with Crippen LogP contribution in [-0.4, -0.2) is 115 Å². The molecule has 0 aromatic heterocycles. The monoisotopic (exact) mass is 342 g/mol. The van der Waals surface area contributed by atoms with Crippen LogP contribution in [0.4, 0.5) is 0 Å². The Morgan fingerprint density at radius 1 is 0.652 bits per heavy atom. The predicted octanol–water partition coefficient (Wildman–Crippen LogP) is -5.40. The van der Waals surface area contributed by atoms with Gasteiger partial charge in [-0.3, -0.25) is 0 Å². The average Bonchev–Trinajstić information content (AvgIpc) is 2.54. The molecule has 11 heteroatoms. The molecule has 0 aliphatic carbocycles. The van der Waals surface area contributed by atoms with Crippen molar-refractivity contribution in [3.05, 3.63) is 0 Å². The van der Waals surface area contributed by atoms with Crippen LogP contribution in [0.1, 0.15) is 0 Å². The van der Waals surface area contributed by atoms with Gasteiger partial charge in [-0.05, 0) is 0 Å². The zero-order chi connectivity index (χ0) is 17.3. The topological polar surface area (TPSA) is 190 Å². The molecular formula is C12H22O11. The number of hydrogen-bond donors (Lipinski definition) is 8. The highest BCUT2D eigenvalue weighted by Gasteiger charge is 2.46. The summed E-state index contributed by atoms with van der Waals surface area (Å²) < 4.78 is 15.1. The smallest absolute Gasteiger partial charge is 0.186 e. The van der Waals surface area contributed by atoms with Crippen molar-refractivity contribution in [1.82, 2.24) is 0 Å². The van der Waals surface area contributed by atoms with Crippen LogP contribution in [-0.2, 0) is 14.2 Å². The van der Waals surface area contributed by atoms with Crippen molar-refractivity contribution in [3.63, 3.8) is 0 Å². The molecule has 8 N–H and O–H groups in total. The second kappa shape index (κ2) is 7.63. The van der Waals surface area contributed by atoms with Crippen molar-refractivity contribution >= 4 is 0 Å². The summed E-state index contributed by atoms with van der Waals surface area (Å²) in [6.45, 7) is -1.10. The Bertz CT molecular complexity index is 380. The SMILES string of the molecule is OCC1O[C@@H](OCC2OC(O)[C@@H](O)C(O)[C@H]2O)[C@@H](O)C(O)[C@H]1O. The van der Waals surface area contributed by atoms with Gasteiger partial charge in [-0.1, -0.05) is 0 Å². The van der Waals surface area contributed by atoms with Gasteiger partial charge >= 0.3 is 0 Å². The van der Waals surface area contributed by atoms with Crippen molar-refractivity contribution in [2.24, 2.45) is 0 Å². The quantitative estimate of drug-likeness (QED) is 0.243. The van der Waals surface area contributed by atoms with E-state index in [2.05, 4.69) is 0 Å². The third-order valence-corrected chi connectivity index (χ3v) is 3.96. The fourth-order valence-electron chi connectivity index (χ4n) is 2.46. The lowest BCUT2D eigenvalue weighted by Crippen LogP contribution is -2.61. The Morgan fingerprint density at radius 2 is 1.22 bits per heavy atom. The highest BCUT2D eigenvalue weighted by atomic mass is 16.7. The summed E-state index contributed by atoms with van der Waals surface area (Å²) in [7, 11) is 0. The molecule has 136 valence electrons. The molecule has 0 bridgehead atoms. The van der Waals surface area contributed by atoms with E-state index < -0.39 is 74.6 Å². The number of hydrogen-bond acceptors (Lipinski definition) is 11. The van der Waals surface area contributed by atoms with Crippen molar-refractivity contribution in [3.8, 4) is 0 Å². The predicted molar refractivity (Wildman–Crippen MR) is 68.6 cm³/mol. The lowest BCUT2D eigenvalue weighted by Gasteiger charge is -2.41. The van der Waals surface area contributed by atoms with Gasteiger partial charge in [0.1, 0.15) is 48.8 Å². The van der Waals surface area contributed by atoms with Crippen LogP contribution in [0.2, 0.25) is 0 Å². The molecule has 2 aliphatic rings. The van der Waals surface area contributed by atoms with E-state index in [1.165, 1.54) is 0 Å². The molecule has 2 fully saturated rings. The zero-order valence-corrected chi connectivity index (χ0v) is 12.0. The zero-order valence-electron chi connectivity index (χ0n) is 12.0. The lowest BCUT2D eigenvalue weighted by atomic mass is 9.98. The molecule has 2 rings (SSSR count). The summed E-state index contributed by atoms with van der Waals surface area (Å²) >= 11 is 0. The number of ether oxygens (including phenoxy) is 3. The van der Waals surface area contributed by atoms with E-state index in [9.17, 15) is 35.7 Å². The van der Waals surface area contributed by atoms with Gasteiger partial charge in [0, 0.05) is 0 Å². The second-order valence-electron chi connectivity index (χ2n) is 5.57. The van der Waals surface area contributed by atoms with Crippen LogP contribution < -0.4 is 0 Å². The minimum Gasteiger partial charge on any atom is -0.394 e. The third kappa shape index (κ3) is 3.81. The van der Waals surface area contributed by atoms with E-state index in [0.29, 0.717) is 0 Å². The maximum absolute atomic E-state index is 9.78. The van der Waals surface area contributed by atoms with Crippen LogP contribution in [0.3, 0.4) is 0 Å². The van der Waals surface area contributed by atoms with Gasteiger partial charge in [0.25, 0.3) is 0 Å². The lowest BCUT2D eigenvalue weighted by molar-refractivity contribution is -0.325. The standard InChI is InChI=1S/C12H22O11/c13-1-3-5(14)8(17)10(19)12(23-3)21-2-4-6(15)7(16)9(18)11(20)22-4/h3-20H,1-2H2/t3?,4?,5-,6-,7?,8?,9-,10-,11?,12+/m0/s1. The minimum atomic E-state index is -1.74. The van der Waals surface area contributed by atoms with Crippen LogP contribution in [0, 0.1) is 0 Å². The molecule has 23 heavy (non-hydrogen) atoms. The molecule has 0 spiro atoms. The Hall–Kier alpha value is -0.440. The normalized spacial score (nSPS) is 51.7. The van der Waals surface area contributed by atoms with E-state index in [4.69, 9.17) is 19.3 Å². The molecule has 0 aromatic carbocycles. The van der Waals surface area contributed by atoms with E-state index in [1.54, 1.807) is 0 Å². The maximum Gasteiger partial charge on any atom is 0.186 e. The highest BCUT2D eigenvalue weighted by molar-refractivity contribution is 4.91. The molecule has 0 radical (unpaired) electrons. The van der Waals surface area contributed by atoms with E-state index in [0.717, 1.165) is 0 Å². The fraction of sp³-hybridized carbons (Fsp3) is 1.00. The number of rotatable bonds is 4. The van der Waals surface area contributed by atoms with Gasteiger partial charge in [-0.15, -0.1) is 0 Å². The van der Waals surface area contributed by atoms with Gasteiger partial charge in [-0.25, -0.2) is 0 Å². The van der Waals surface area contributed by atoms with Crippen LogP contribution in [0.15, 0.2) is 0 Å². The summed E-state index contributed by atoms with van der Waals surface area (Å²) in [4.78, 5) is 0. The minimum absolute atomic E-state index is 0.468. The second-order valence-corrected chi connectivity index (χ2v) is 5.57. The van der Waals surface area contributed by atoms with Gasteiger partial charge in [0.15, 0.2) is 12.6 Å². The van der Waals surface area contributed by atoms with Gasteiger partial charge in [-0.2, -0.15) is 0 Å². The third-order valence-electron chi connectivity index (χ3n) is 3.96. The molecule has 11 nitrogen and oxygen atoms in total. The van der Waals surface area contributed by atoms with Crippen LogP contribution in [0.25, 0.3) is 0 Å². The van der Waals surface area contributed by atoms with Gasteiger partial charge < -0.3 is 55.1 Å². The van der Waals surface area contributed by atoms with E-state index >= 15 is 0 Å². The molecular weight excluding hydrogens is 320 g/mol. The maximum atomic E-state index is 9.78. The summed E-state index contributed by atoms with van der Waals surface area (Å²) in [5.41, 5.74) is 0. The summed E-state index contributed by atoms with van der Waals surface area (Å²) in [5.74, 6) is 0. The van der Waals surface area contributed by atoms with E-state index in [-0.39, 0.29) is 0 Å². The Labute approximate surface area is 130 Å². The van der Waals surface area contributed by atoms with Crippen LogP contribution in [0.5, 0.6) is 0 Å². The first-order valence-corrected chi connectivity index (χ1v) is 7.07. The van der Waals surface area contributed by atoms with Crippen molar-refractivity contribution in [2.45, 2.75) is 61.4 Å². The van der Waals surface area contributed by atoms with Gasteiger partial charge in [0.05, 0.1) is 13.2 Å². The Morgan fingerprint density at radius 3 is 1.83 bits per heavy atom. The highest BCUT2D eigenvalue weighted by Crippen LogP contribution is 2.24. The first-order chi connectivity index (χ1) is 10.8. The van der Waals surface area contributed by atoms with Crippen molar-refractivity contribution in [2.75, 3.05) is 13.2 Å². The number of aliphatic hydroxyl groups is 8. The first-order valence-electron chi connectivity index (χ1n) is 7.07. The molecule has 0 saturated carbocycles. The van der Waals surface area contributed by atoms with Crippen molar-refractivity contribution in [1.29, 1.82) is 0 Å². The largest absolute Gasteiger partial charge is 0.394 e. The average molecular weight is 342 g/mol. The summed E-state index contributed by atoms with van der Waals surface area (Å²) in [5, 5.41) is 76.1. The molecule has 0 amide bonds. The molecule has 0 aromatic rings. The molecule has 2 aliphatic heterocycles. The van der Waals surface area contributed by atoms with Crippen LogP contribution >= 0.6 is 0 Å². The summed E-state index contributed by atoms with van der Waals surface area (Å²) in [6, 6.07) is 0. The first kappa shape index (κ1) is 18.9. The Kier molecular flexibility index (Phi) is 6.27. The fourth-order valence-corrected chi connectivity index (χ4v) is 2.46. The van der Waals surface area contributed by atoms with Gasteiger partial charge in [0.2, 0.25) is 0 Å². The molecule has 10 atom stereocenters. The molecule has 2 heterocycles. The molecule has 2 saturated heterocycles.